The zero-order chi connectivity index (χ0) is 18.9. The smallest absolute Gasteiger partial charge is 0.269 e. The highest BCUT2D eigenvalue weighted by atomic mass is 16.5. The third kappa shape index (κ3) is 5.88. The summed E-state index contributed by atoms with van der Waals surface area (Å²) in [5, 5.41) is 5.66. The molecule has 2 aromatic rings. The van der Waals surface area contributed by atoms with Gasteiger partial charge >= 0.3 is 0 Å². The van der Waals surface area contributed by atoms with Gasteiger partial charge in [0.1, 0.15) is 11.4 Å². The van der Waals surface area contributed by atoms with Crippen molar-refractivity contribution < 1.29 is 14.3 Å². The number of amides is 2. The van der Waals surface area contributed by atoms with Crippen LogP contribution in [0.1, 0.15) is 46.7 Å². The van der Waals surface area contributed by atoms with Crippen molar-refractivity contribution in [1.82, 2.24) is 15.6 Å². The highest BCUT2D eigenvalue weighted by Crippen LogP contribution is 2.11. The van der Waals surface area contributed by atoms with Crippen LogP contribution < -0.4 is 15.4 Å². The molecule has 0 atom stereocenters. The van der Waals surface area contributed by atoms with Crippen LogP contribution in [-0.2, 0) is 6.54 Å². The third-order valence-corrected chi connectivity index (χ3v) is 3.87. The second kappa shape index (κ2) is 9.56. The van der Waals surface area contributed by atoms with Crippen LogP contribution in [0.4, 0.5) is 0 Å². The summed E-state index contributed by atoms with van der Waals surface area (Å²) in [5.74, 6) is 0.760. The molecule has 2 amide bonds. The molecular formula is C20H25N3O3. The number of ether oxygens (including phenoxy) is 1. The summed E-state index contributed by atoms with van der Waals surface area (Å²) < 4.78 is 5.11. The van der Waals surface area contributed by atoms with Crippen LogP contribution in [0.25, 0.3) is 0 Å². The summed E-state index contributed by atoms with van der Waals surface area (Å²) >= 11 is 0. The molecule has 0 radical (unpaired) electrons. The van der Waals surface area contributed by atoms with Crippen LogP contribution in [0.15, 0.2) is 42.6 Å². The van der Waals surface area contributed by atoms with Gasteiger partial charge in [0.15, 0.2) is 0 Å². The number of carbonyl (C=O) groups is 2. The lowest BCUT2D eigenvalue weighted by Gasteiger charge is -2.09. The minimum Gasteiger partial charge on any atom is -0.497 e. The van der Waals surface area contributed by atoms with E-state index >= 15 is 0 Å². The van der Waals surface area contributed by atoms with Gasteiger partial charge in [-0.05, 0) is 42.2 Å². The van der Waals surface area contributed by atoms with Crippen LogP contribution in [0.5, 0.6) is 5.75 Å². The monoisotopic (exact) mass is 355 g/mol. The Hall–Kier alpha value is -2.89. The highest BCUT2D eigenvalue weighted by Gasteiger charge is 2.11. The average Bonchev–Trinajstić information content (AvgIpc) is 2.66. The van der Waals surface area contributed by atoms with E-state index in [0.717, 1.165) is 17.7 Å². The Morgan fingerprint density at radius 1 is 1.08 bits per heavy atom. The molecule has 2 rings (SSSR count). The Bertz CT molecular complexity index is 742. The molecule has 0 spiro atoms. The van der Waals surface area contributed by atoms with Crippen LogP contribution in [0, 0.1) is 5.92 Å². The lowest BCUT2D eigenvalue weighted by molar-refractivity contribution is 0.0947. The Kier molecular flexibility index (Phi) is 7.14. The predicted molar refractivity (Wildman–Crippen MR) is 100 cm³/mol. The molecule has 1 aromatic heterocycles. The van der Waals surface area contributed by atoms with Crippen molar-refractivity contribution >= 4 is 11.8 Å². The topological polar surface area (TPSA) is 80.3 Å². The van der Waals surface area contributed by atoms with E-state index in [1.54, 1.807) is 13.2 Å². The molecule has 0 bridgehead atoms. The number of rotatable bonds is 8. The number of hydrogen-bond acceptors (Lipinski definition) is 4. The molecule has 0 aliphatic heterocycles. The van der Waals surface area contributed by atoms with Gasteiger partial charge in [-0.1, -0.05) is 26.0 Å². The number of hydrogen-bond donors (Lipinski definition) is 2. The molecule has 0 unspecified atom stereocenters. The van der Waals surface area contributed by atoms with Crippen molar-refractivity contribution in [2.45, 2.75) is 26.8 Å². The normalized spacial score (nSPS) is 10.5. The van der Waals surface area contributed by atoms with Gasteiger partial charge in [0, 0.05) is 24.8 Å². The highest BCUT2D eigenvalue weighted by molar-refractivity contribution is 5.98. The van der Waals surface area contributed by atoms with E-state index in [2.05, 4.69) is 29.5 Å². The van der Waals surface area contributed by atoms with E-state index in [1.807, 2.05) is 24.3 Å². The number of benzene rings is 1. The van der Waals surface area contributed by atoms with Crippen molar-refractivity contribution in [3.05, 3.63) is 59.4 Å². The first-order valence-corrected chi connectivity index (χ1v) is 8.65. The summed E-state index contributed by atoms with van der Waals surface area (Å²) in [4.78, 5) is 28.5. The van der Waals surface area contributed by atoms with Crippen molar-refractivity contribution in [3.63, 3.8) is 0 Å². The molecule has 0 aliphatic rings. The molecule has 1 aromatic carbocycles. The van der Waals surface area contributed by atoms with Gasteiger partial charge in [-0.2, -0.15) is 0 Å². The minimum atomic E-state index is -0.268. The minimum absolute atomic E-state index is 0.242. The van der Waals surface area contributed by atoms with Crippen LogP contribution >= 0.6 is 0 Å². The molecule has 0 aliphatic carbocycles. The van der Waals surface area contributed by atoms with E-state index in [0.29, 0.717) is 24.6 Å². The maximum atomic E-state index is 12.3. The van der Waals surface area contributed by atoms with Crippen LogP contribution in [0.2, 0.25) is 0 Å². The maximum absolute atomic E-state index is 12.3. The summed E-state index contributed by atoms with van der Waals surface area (Å²) in [6.07, 6.45) is 2.37. The third-order valence-electron chi connectivity index (χ3n) is 3.87. The summed E-state index contributed by atoms with van der Waals surface area (Å²) in [5.41, 5.74) is 1.60. The second-order valence-corrected chi connectivity index (χ2v) is 6.40. The van der Waals surface area contributed by atoms with Crippen molar-refractivity contribution in [2.75, 3.05) is 13.7 Å². The number of aromatic nitrogens is 1. The first kappa shape index (κ1) is 19.4. The number of nitrogens with zero attached hydrogens (tertiary/aromatic N) is 1. The summed E-state index contributed by atoms with van der Waals surface area (Å²) in [6, 6.07) is 10.6. The van der Waals surface area contributed by atoms with Crippen LogP contribution in [0.3, 0.4) is 0 Å². The van der Waals surface area contributed by atoms with E-state index in [1.165, 1.54) is 12.3 Å². The van der Waals surface area contributed by atoms with Gasteiger partial charge in [-0.3, -0.25) is 14.6 Å². The number of methoxy groups -OCH3 is 1. The van der Waals surface area contributed by atoms with Gasteiger partial charge in [-0.25, -0.2) is 0 Å². The van der Waals surface area contributed by atoms with Crippen molar-refractivity contribution in [2.24, 2.45) is 5.92 Å². The largest absolute Gasteiger partial charge is 0.497 e. The van der Waals surface area contributed by atoms with Crippen molar-refractivity contribution in [1.29, 1.82) is 0 Å². The second-order valence-electron chi connectivity index (χ2n) is 6.40. The van der Waals surface area contributed by atoms with Crippen molar-refractivity contribution in [3.8, 4) is 5.75 Å². The summed E-state index contributed by atoms with van der Waals surface area (Å²) in [6.45, 7) is 5.17. The van der Waals surface area contributed by atoms with Gasteiger partial charge < -0.3 is 15.4 Å². The maximum Gasteiger partial charge on any atom is 0.269 e. The molecule has 2 N–H and O–H groups in total. The van der Waals surface area contributed by atoms with E-state index < -0.39 is 0 Å². The Labute approximate surface area is 154 Å². The predicted octanol–water partition coefficient (Wildman–Crippen LogP) is 2.80. The number of nitrogens with one attached hydrogen (secondary N) is 2. The van der Waals surface area contributed by atoms with E-state index in [-0.39, 0.29) is 17.5 Å². The molecule has 1 heterocycles. The quantitative estimate of drug-likeness (QED) is 0.763. The zero-order valence-corrected chi connectivity index (χ0v) is 15.4. The van der Waals surface area contributed by atoms with Gasteiger partial charge in [-0.15, -0.1) is 0 Å². The number of pyridine rings is 1. The molecule has 0 fully saturated rings. The van der Waals surface area contributed by atoms with Gasteiger partial charge in [0.05, 0.1) is 7.11 Å². The average molecular weight is 355 g/mol. The standard InChI is InChI=1S/C20H25N3O3/c1-14(2)8-10-22-20(25)18-12-16(9-11-21-18)19(24)23-13-15-4-6-17(26-3)7-5-15/h4-7,9,11-12,14H,8,10,13H2,1-3H3,(H,22,25)(H,23,24). The molecule has 6 heteroatoms. The molecule has 6 nitrogen and oxygen atoms in total. The van der Waals surface area contributed by atoms with Crippen LogP contribution in [-0.4, -0.2) is 30.5 Å². The first-order valence-electron chi connectivity index (χ1n) is 8.65. The molecule has 26 heavy (non-hydrogen) atoms. The Morgan fingerprint density at radius 2 is 1.81 bits per heavy atom. The fourth-order valence-corrected chi connectivity index (χ4v) is 2.29. The molecule has 0 saturated heterocycles. The Morgan fingerprint density at radius 3 is 2.46 bits per heavy atom. The van der Waals surface area contributed by atoms with Gasteiger partial charge in [0.2, 0.25) is 0 Å². The SMILES string of the molecule is COc1ccc(CNC(=O)c2ccnc(C(=O)NCCC(C)C)c2)cc1. The Balaban J connectivity index is 1.93. The number of carbonyl (C=O) groups excluding carboxylic acids is 2. The summed E-state index contributed by atoms with van der Waals surface area (Å²) in [7, 11) is 1.61. The fourth-order valence-electron chi connectivity index (χ4n) is 2.29. The zero-order valence-electron chi connectivity index (χ0n) is 15.4. The molecule has 0 saturated carbocycles. The van der Waals surface area contributed by atoms with Gasteiger partial charge in [0.25, 0.3) is 11.8 Å². The lowest BCUT2D eigenvalue weighted by Crippen LogP contribution is -2.27. The van der Waals surface area contributed by atoms with E-state index in [4.69, 9.17) is 4.74 Å². The lowest BCUT2D eigenvalue weighted by atomic mass is 10.1. The van der Waals surface area contributed by atoms with E-state index in [9.17, 15) is 9.59 Å². The first-order chi connectivity index (χ1) is 12.5. The molecular weight excluding hydrogens is 330 g/mol. The fraction of sp³-hybridized carbons (Fsp3) is 0.350. The molecule has 138 valence electrons.